The first-order valence-electron chi connectivity index (χ1n) is 6.65. The molecule has 1 fully saturated rings. The summed E-state index contributed by atoms with van der Waals surface area (Å²) in [5.74, 6) is 4.28. The van der Waals surface area contributed by atoms with Gasteiger partial charge in [0.2, 0.25) is 0 Å². The molecule has 0 spiro atoms. The molecule has 1 heterocycles. The highest BCUT2D eigenvalue weighted by Crippen LogP contribution is 2.27. The number of hydrazine groups is 1. The van der Waals surface area contributed by atoms with Crippen LogP contribution in [0, 0.1) is 17.6 Å². The summed E-state index contributed by atoms with van der Waals surface area (Å²) < 4.78 is 27.0. The lowest BCUT2D eigenvalue weighted by Gasteiger charge is -2.28. The van der Waals surface area contributed by atoms with Gasteiger partial charge in [-0.3, -0.25) is 0 Å². The molecule has 2 rings (SSSR count). The summed E-state index contributed by atoms with van der Waals surface area (Å²) in [7, 11) is 1.78. The molecule has 3 N–H and O–H groups in total. The fourth-order valence-electron chi connectivity index (χ4n) is 2.67. The molecule has 0 bridgehead atoms. The highest BCUT2D eigenvalue weighted by atomic mass is 19.1. The van der Waals surface area contributed by atoms with Gasteiger partial charge in [0.1, 0.15) is 0 Å². The van der Waals surface area contributed by atoms with E-state index in [0.717, 1.165) is 25.5 Å². The molecule has 0 unspecified atom stereocenters. The van der Waals surface area contributed by atoms with Crippen LogP contribution in [-0.4, -0.2) is 18.6 Å². The van der Waals surface area contributed by atoms with E-state index in [0.29, 0.717) is 5.92 Å². The van der Waals surface area contributed by atoms with Crippen LogP contribution in [0.2, 0.25) is 0 Å². The van der Waals surface area contributed by atoms with Gasteiger partial charge in [-0.15, -0.1) is 0 Å². The molecule has 1 aromatic heterocycles. The molecule has 0 radical (unpaired) electrons. The number of hydrogen-bond donors (Lipinski definition) is 2. The third-order valence-electron chi connectivity index (χ3n) is 3.67. The SMILES string of the molecule is CN(CC1CCCCC1)c1nc(NN)c(F)cc1F. The van der Waals surface area contributed by atoms with Gasteiger partial charge in [0.05, 0.1) is 0 Å². The van der Waals surface area contributed by atoms with Crippen LogP contribution < -0.4 is 16.2 Å². The number of nitrogens with zero attached hydrogens (tertiary/aromatic N) is 2. The van der Waals surface area contributed by atoms with Gasteiger partial charge in [-0.1, -0.05) is 19.3 Å². The zero-order valence-corrected chi connectivity index (χ0v) is 11.1. The number of hydrogen-bond acceptors (Lipinski definition) is 4. The van der Waals surface area contributed by atoms with E-state index in [1.807, 2.05) is 0 Å². The lowest BCUT2D eigenvalue weighted by atomic mass is 9.89. The fourth-order valence-corrected chi connectivity index (χ4v) is 2.67. The summed E-state index contributed by atoms with van der Waals surface area (Å²) in [5, 5.41) is 0. The van der Waals surface area contributed by atoms with Crippen molar-refractivity contribution in [2.45, 2.75) is 32.1 Å². The van der Waals surface area contributed by atoms with Crippen molar-refractivity contribution in [3.63, 3.8) is 0 Å². The Kier molecular flexibility index (Phi) is 4.52. The zero-order valence-electron chi connectivity index (χ0n) is 11.1. The van der Waals surface area contributed by atoms with Crippen molar-refractivity contribution < 1.29 is 8.78 Å². The van der Waals surface area contributed by atoms with E-state index >= 15 is 0 Å². The molecule has 0 aliphatic heterocycles. The van der Waals surface area contributed by atoms with Gasteiger partial charge in [0.25, 0.3) is 0 Å². The van der Waals surface area contributed by atoms with Crippen molar-refractivity contribution in [2.75, 3.05) is 23.9 Å². The van der Waals surface area contributed by atoms with Crippen molar-refractivity contribution in [3.8, 4) is 0 Å². The number of halogens is 2. The van der Waals surface area contributed by atoms with Crippen molar-refractivity contribution in [3.05, 3.63) is 17.7 Å². The molecule has 0 amide bonds. The molecule has 1 aliphatic carbocycles. The molecular weight excluding hydrogens is 250 g/mol. The largest absolute Gasteiger partial charge is 0.357 e. The Hall–Kier alpha value is -1.43. The Balaban J connectivity index is 2.11. The maximum absolute atomic E-state index is 13.8. The Bertz CT molecular complexity index is 433. The fraction of sp³-hybridized carbons (Fsp3) is 0.615. The molecular formula is C13H20F2N4. The monoisotopic (exact) mass is 270 g/mol. The molecule has 4 nitrogen and oxygen atoms in total. The highest BCUT2D eigenvalue weighted by molar-refractivity contribution is 5.48. The first-order chi connectivity index (χ1) is 9.11. The minimum Gasteiger partial charge on any atom is -0.357 e. The van der Waals surface area contributed by atoms with E-state index in [-0.39, 0.29) is 11.6 Å². The molecule has 0 aromatic carbocycles. The number of rotatable bonds is 4. The Labute approximate surface area is 112 Å². The summed E-state index contributed by atoms with van der Waals surface area (Å²) in [4.78, 5) is 5.64. The van der Waals surface area contributed by atoms with Gasteiger partial charge in [-0.2, -0.15) is 0 Å². The van der Waals surface area contributed by atoms with Gasteiger partial charge >= 0.3 is 0 Å². The topological polar surface area (TPSA) is 54.2 Å². The predicted molar refractivity (Wildman–Crippen MR) is 71.8 cm³/mol. The second kappa shape index (κ2) is 6.14. The van der Waals surface area contributed by atoms with Crippen LogP contribution in [0.25, 0.3) is 0 Å². The second-order valence-electron chi connectivity index (χ2n) is 5.15. The Morgan fingerprint density at radius 3 is 2.63 bits per heavy atom. The summed E-state index contributed by atoms with van der Waals surface area (Å²) in [6.07, 6.45) is 6.07. The number of aromatic nitrogens is 1. The highest BCUT2D eigenvalue weighted by Gasteiger charge is 2.19. The van der Waals surface area contributed by atoms with Crippen LogP contribution >= 0.6 is 0 Å². The Morgan fingerprint density at radius 2 is 2.00 bits per heavy atom. The van der Waals surface area contributed by atoms with Crippen molar-refractivity contribution in [2.24, 2.45) is 11.8 Å². The minimum atomic E-state index is -0.783. The van der Waals surface area contributed by atoms with Crippen LogP contribution in [0.4, 0.5) is 20.4 Å². The smallest absolute Gasteiger partial charge is 0.178 e. The van der Waals surface area contributed by atoms with Crippen LogP contribution in [0.15, 0.2) is 6.07 Å². The predicted octanol–water partition coefficient (Wildman–Crippen LogP) is 2.66. The third-order valence-corrected chi connectivity index (χ3v) is 3.67. The lowest BCUT2D eigenvalue weighted by molar-refractivity contribution is 0.360. The van der Waals surface area contributed by atoms with E-state index in [9.17, 15) is 8.78 Å². The minimum absolute atomic E-state index is 0.133. The maximum Gasteiger partial charge on any atom is 0.178 e. The first-order valence-corrected chi connectivity index (χ1v) is 6.65. The van der Waals surface area contributed by atoms with Gasteiger partial charge in [-0.25, -0.2) is 19.6 Å². The summed E-state index contributed by atoms with van der Waals surface area (Å²) in [5.41, 5.74) is 2.14. The van der Waals surface area contributed by atoms with Crippen LogP contribution in [0.3, 0.4) is 0 Å². The number of pyridine rings is 1. The van der Waals surface area contributed by atoms with Crippen molar-refractivity contribution >= 4 is 11.6 Å². The van der Waals surface area contributed by atoms with Crippen LogP contribution in [0.1, 0.15) is 32.1 Å². The van der Waals surface area contributed by atoms with Gasteiger partial charge < -0.3 is 10.3 Å². The lowest BCUT2D eigenvalue weighted by Crippen LogP contribution is -2.28. The van der Waals surface area contributed by atoms with Gasteiger partial charge in [-0.05, 0) is 18.8 Å². The molecule has 106 valence electrons. The molecule has 0 saturated heterocycles. The summed E-state index contributed by atoms with van der Waals surface area (Å²) in [6, 6.07) is 0.814. The van der Waals surface area contributed by atoms with E-state index in [4.69, 9.17) is 5.84 Å². The molecule has 1 aromatic rings. The maximum atomic E-state index is 13.8. The number of nitrogen functional groups attached to an aromatic ring is 1. The molecule has 19 heavy (non-hydrogen) atoms. The average molecular weight is 270 g/mol. The van der Waals surface area contributed by atoms with Crippen molar-refractivity contribution in [1.82, 2.24) is 4.98 Å². The van der Waals surface area contributed by atoms with E-state index in [1.54, 1.807) is 11.9 Å². The normalized spacial score (nSPS) is 16.4. The molecule has 6 heteroatoms. The standard InChI is InChI=1S/C13H20F2N4/c1-19(8-9-5-3-2-4-6-9)13-11(15)7-10(14)12(17-13)18-16/h7,9H,2-6,8,16H2,1H3,(H,17,18). The van der Waals surface area contributed by atoms with E-state index < -0.39 is 11.6 Å². The second-order valence-corrected chi connectivity index (χ2v) is 5.15. The van der Waals surface area contributed by atoms with Crippen molar-refractivity contribution in [1.29, 1.82) is 0 Å². The number of nitrogens with two attached hydrogens (primary N) is 1. The van der Waals surface area contributed by atoms with Crippen LogP contribution in [0.5, 0.6) is 0 Å². The average Bonchev–Trinajstić information content (AvgIpc) is 2.40. The summed E-state index contributed by atoms with van der Waals surface area (Å²) in [6.45, 7) is 0.736. The van der Waals surface area contributed by atoms with Crippen LogP contribution in [-0.2, 0) is 0 Å². The Morgan fingerprint density at radius 1 is 1.32 bits per heavy atom. The number of anilines is 2. The zero-order chi connectivity index (χ0) is 13.8. The van der Waals surface area contributed by atoms with E-state index in [1.165, 1.54) is 19.3 Å². The van der Waals surface area contributed by atoms with E-state index in [2.05, 4.69) is 10.4 Å². The molecule has 1 saturated carbocycles. The molecule has 1 aliphatic rings. The number of nitrogens with one attached hydrogen (secondary N) is 1. The summed E-state index contributed by atoms with van der Waals surface area (Å²) >= 11 is 0. The first kappa shape index (κ1) is 14.0. The molecule has 0 atom stereocenters. The van der Waals surface area contributed by atoms with Gasteiger partial charge in [0, 0.05) is 19.7 Å². The third kappa shape index (κ3) is 3.32. The quantitative estimate of drug-likeness (QED) is 0.652. The van der Waals surface area contributed by atoms with Gasteiger partial charge in [0.15, 0.2) is 23.3 Å².